The number of carbonyl (C=O) groups is 1. The Bertz CT molecular complexity index is 938. The summed E-state index contributed by atoms with van der Waals surface area (Å²) in [6.45, 7) is 0. The molecule has 0 N–H and O–H groups in total. The first kappa shape index (κ1) is 15.9. The zero-order valence-electron chi connectivity index (χ0n) is 12.5. The number of hydrogen-bond donors (Lipinski definition) is 0. The second-order valence-electron chi connectivity index (χ2n) is 5.01. The molecular formula is C18H11F3O3. The molecule has 0 unspecified atom stereocenters. The number of carbonyl (C=O) groups excluding carboxylic acids is 1. The summed E-state index contributed by atoms with van der Waals surface area (Å²) >= 11 is 0. The molecule has 0 atom stereocenters. The number of hydrogen-bond acceptors (Lipinski definition) is 3. The maximum Gasteiger partial charge on any atom is 0.346 e. The Morgan fingerprint density at radius 3 is 2.12 bits per heavy atom. The number of fused-ring (bicyclic) bond motifs is 1. The van der Waals surface area contributed by atoms with E-state index in [1.165, 1.54) is 37.4 Å². The van der Waals surface area contributed by atoms with E-state index in [1.807, 2.05) is 0 Å². The van der Waals surface area contributed by atoms with Crippen LogP contribution < -0.4 is 9.47 Å². The fourth-order valence-electron chi connectivity index (χ4n) is 2.23. The zero-order chi connectivity index (χ0) is 17.3. The van der Waals surface area contributed by atoms with Gasteiger partial charge in [-0.3, -0.25) is 0 Å². The summed E-state index contributed by atoms with van der Waals surface area (Å²) in [5.41, 5.74) is -0.263. The summed E-state index contributed by atoms with van der Waals surface area (Å²) in [6, 6.07) is 10.0. The van der Waals surface area contributed by atoms with Crippen molar-refractivity contribution in [1.82, 2.24) is 0 Å². The lowest BCUT2D eigenvalue weighted by Gasteiger charge is -2.08. The quantitative estimate of drug-likeness (QED) is 0.524. The largest absolute Gasteiger partial charge is 0.497 e. The summed E-state index contributed by atoms with van der Waals surface area (Å²) in [4.78, 5) is 12.1. The molecule has 122 valence electrons. The number of benzene rings is 3. The van der Waals surface area contributed by atoms with E-state index in [9.17, 15) is 18.0 Å². The molecule has 0 fully saturated rings. The Morgan fingerprint density at radius 2 is 1.46 bits per heavy atom. The van der Waals surface area contributed by atoms with Crippen molar-refractivity contribution >= 4 is 16.7 Å². The van der Waals surface area contributed by atoms with Gasteiger partial charge in [0.15, 0.2) is 11.6 Å². The SMILES string of the molecule is COc1ccc(C(=O)Oc2ccc3cc(F)c(F)cc3c2)c(F)c1. The van der Waals surface area contributed by atoms with Crippen LogP contribution in [0.4, 0.5) is 13.2 Å². The Labute approximate surface area is 135 Å². The smallest absolute Gasteiger partial charge is 0.346 e. The van der Waals surface area contributed by atoms with Gasteiger partial charge >= 0.3 is 5.97 Å². The Morgan fingerprint density at radius 1 is 0.792 bits per heavy atom. The van der Waals surface area contributed by atoms with Gasteiger partial charge in [-0.2, -0.15) is 0 Å². The molecule has 6 heteroatoms. The van der Waals surface area contributed by atoms with Crippen LogP contribution in [0.15, 0.2) is 48.5 Å². The Balaban J connectivity index is 1.89. The van der Waals surface area contributed by atoms with Crippen LogP contribution in [0.1, 0.15) is 10.4 Å². The standard InChI is InChI=1S/C18H11F3O3/c1-23-12-4-5-14(15(19)9-12)18(22)24-13-3-2-10-7-16(20)17(21)8-11(10)6-13/h2-9H,1H3. The van der Waals surface area contributed by atoms with E-state index in [0.29, 0.717) is 10.8 Å². The van der Waals surface area contributed by atoms with Gasteiger partial charge in [-0.15, -0.1) is 0 Å². The first-order valence-corrected chi connectivity index (χ1v) is 6.92. The van der Waals surface area contributed by atoms with Gasteiger partial charge in [-0.05, 0) is 47.2 Å². The van der Waals surface area contributed by atoms with E-state index in [4.69, 9.17) is 9.47 Å². The lowest BCUT2D eigenvalue weighted by Crippen LogP contribution is -2.10. The summed E-state index contributed by atoms with van der Waals surface area (Å²) < 4.78 is 50.3. The van der Waals surface area contributed by atoms with Crippen molar-refractivity contribution in [3.8, 4) is 11.5 Å². The molecule has 24 heavy (non-hydrogen) atoms. The van der Waals surface area contributed by atoms with Gasteiger partial charge in [0.1, 0.15) is 17.3 Å². The second kappa shape index (κ2) is 6.23. The van der Waals surface area contributed by atoms with Crippen molar-refractivity contribution in [3.63, 3.8) is 0 Å². The highest BCUT2D eigenvalue weighted by atomic mass is 19.2. The first-order chi connectivity index (χ1) is 11.5. The van der Waals surface area contributed by atoms with Crippen molar-refractivity contribution in [2.75, 3.05) is 7.11 Å². The van der Waals surface area contributed by atoms with Crippen LogP contribution in [0.3, 0.4) is 0 Å². The highest BCUT2D eigenvalue weighted by Gasteiger charge is 2.15. The minimum Gasteiger partial charge on any atom is -0.497 e. The molecule has 3 aromatic rings. The molecule has 0 spiro atoms. The maximum atomic E-state index is 13.9. The summed E-state index contributed by atoms with van der Waals surface area (Å²) in [7, 11) is 1.38. The molecule has 0 saturated heterocycles. The van der Waals surface area contributed by atoms with E-state index < -0.39 is 23.4 Å². The highest BCUT2D eigenvalue weighted by Crippen LogP contribution is 2.25. The lowest BCUT2D eigenvalue weighted by molar-refractivity contribution is 0.0730. The van der Waals surface area contributed by atoms with Gasteiger partial charge in [0.2, 0.25) is 0 Å². The number of ether oxygens (including phenoxy) is 2. The first-order valence-electron chi connectivity index (χ1n) is 6.92. The predicted molar refractivity (Wildman–Crippen MR) is 81.8 cm³/mol. The van der Waals surface area contributed by atoms with E-state index in [-0.39, 0.29) is 17.1 Å². The van der Waals surface area contributed by atoms with Crippen molar-refractivity contribution in [2.45, 2.75) is 0 Å². The molecule has 0 aromatic heterocycles. The van der Waals surface area contributed by atoms with Crippen LogP contribution in [0.25, 0.3) is 10.8 Å². The van der Waals surface area contributed by atoms with Gasteiger partial charge in [0.05, 0.1) is 12.7 Å². The third kappa shape index (κ3) is 3.03. The van der Waals surface area contributed by atoms with Crippen LogP contribution >= 0.6 is 0 Å². The van der Waals surface area contributed by atoms with Crippen LogP contribution in [0.5, 0.6) is 11.5 Å². The maximum absolute atomic E-state index is 13.9. The normalized spacial score (nSPS) is 10.7. The van der Waals surface area contributed by atoms with Crippen molar-refractivity contribution in [3.05, 3.63) is 71.5 Å². The average Bonchev–Trinajstić information content (AvgIpc) is 2.56. The van der Waals surface area contributed by atoms with Crippen molar-refractivity contribution in [1.29, 1.82) is 0 Å². The Kier molecular flexibility index (Phi) is 4.12. The molecule has 0 aliphatic rings. The Hall–Kier alpha value is -3.02. The van der Waals surface area contributed by atoms with E-state index in [2.05, 4.69) is 0 Å². The lowest BCUT2D eigenvalue weighted by atomic mass is 10.1. The molecule has 0 aliphatic heterocycles. The van der Waals surface area contributed by atoms with Gasteiger partial charge in [-0.25, -0.2) is 18.0 Å². The minimum atomic E-state index is -1.01. The van der Waals surface area contributed by atoms with Gasteiger partial charge in [-0.1, -0.05) is 6.07 Å². The third-order valence-corrected chi connectivity index (χ3v) is 3.46. The van der Waals surface area contributed by atoms with Gasteiger partial charge in [0, 0.05) is 6.07 Å². The summed E-state index contributed by atoms with van der Waals surface area (Å²) in [5, 5.41) is 0.804. The van der Waals surface area contributed by atoms with Gasteiger partial charge in [0.25, 0.3) is 0 Å². The van der Waals surface area contributed by atoms with Crippen LogP contribution in [-0.4, -0.2) is 13.1 Å². The second-order valence-corrected chi connectivity index (χ2v) is 5.01. The molecule has 0 heterocycles. The van der Waals surface area contributed by atoms with E-state index in [1.54, 1.807) is 0 Å². The third-order valence-electron chi connectivity index (χ3n) is 3.46. The van der Waals surface area contributed by atoms with Crippen molar-refractivity contribution in [2.24, 2.45) is 0 Å². The highest BCUT2D eigenvalue weighted by molar-refractivity contribution is 5.92. The molecule has 0 saturated carbocycles. The molecular weight excluding hydrogens is 321 g/mol. The molecule has 0 aliphatic carbocycles. The number of methoxy groups -OCH3 is 1. The number of rotatable bonds is 3. The van der Waals surface area contributed by atoms with E-state index in [0.717, 1.165) is 18.2 Å². The number of esters is 1. The van der Waals surface area contributed by atoms with Crippen LogP contribution in [0.2, 0.25) is 0 Å². The minimum absolute atomic E-state index is 0.0914. The average molecular weight is 332 g/mol. The van der Waals surface area contributed by atoms with E-state index >= 15 is 0 Å². The summed E-state index contributed by atoms with van der Waals surface area (Å²) in [5.74, 6) is -3.30. The zero-order valence-corrected chi connectivity index (χ0v) is 12.5. The van der Waals surface area contributed by atoms with Crippen molar-refractivity contribution < 1.29 is 27.4 Å². The fourth-order valence-corrected chi connectivity index (χ4v) is 2.23. The van der Waals surface area contributed by atoms with Crippen LogP contribution in [0, 0.1) is 17.5 Å². The fraction of sp³-hybridized carbons (Fsp3) is 0.0556. The summed E-state index contributed by atoms with van der Waals surface area (Å²) in [6.07, 6.45) is 0. The van der Waals surface area contributed by atoms with Gasteiger partial charge < -0.3 is 9.47 Å². The number of halogens is 3. The molecule has 3 rings (SSSR count). The monoisotopic (exact) mass is 332 g/mol. The predicted octanol–water partition coefficient (Wildman–Crippen LogP) is 4.48. The molecule has 0 amide bonds. The molecule has 0 bridgehead atoms. The van der Waals surface area contributed by atoms with Crippen LogP contribution in [-0.2, 0) is 0 Å². The molecule has 0 radical (unpaired) electrons. The molecule has 3 nitrogen and oxygen atoms in total. The molecule has 3 aromatic carbocycles. The topological polar surface area (TPSA) is 35.5 Å².